The minimum Gasteiger partial charge on any atom is -0.348 e. The molecule has 3 heterocycles. The van der Waals surface area contributed by atoms with Crippen molar-refractivity contribution in [1.82, 2.24) is 20.3 Å². The first-order valence-electron chi connectivity index (χ1n) is 10.8. The number of anilines is 1. The molecule has 2 N–H and O–H groups in total. The monoisotopic (exact) mass is 463 g/mol. The minimum absolute atomic E-state index is 0.0722. The maximum absolute atomic E-state index is 14.2. The summed E-state index contributed by atoms with van der Waals surface area (Å²) in [6, 6.07) is 15.5. The molecule has 0 bridgehead atoms. The van der Waals surface area contributed by atoms with Crippen LogP contribution >= 0.6 is 11.3 Å². The third-order valence-electron chi connectivity index (χ3n) is 5.85. The molecule has 1 amide bonds. The molecule has 2 aromatic heterocycles. The third-order valence-corrected chi connectivity index (χ3v) is 6.83. The fraction of sp³-hybridized carbons (Fsp3) is 0.250. The van der Waals surface area contributed by atoms with Crippen LogP contribution in [0.5, 0.6) is 0 Å². The topological polar surface area (TPSA) is 91.0 Å². The molecule has 1 aliphatic rings. The van der Waals surface area contributed by atoms with Gasteiger partial charge in [0, 0.05) is 6.54 Å². The van der Waals surface area contributed by atoms with Crippen LogP contribution in [-0.2, 0) is 4.79 Å². The van der Waals surface area contributed by atoms with Crippen LogP contribution < -0.4 is 15.8 Å². The molecule has 0 saturated carbocycles. The van der Waals surface area contributed by atoms with Gasteiger partial charge in [0.15, 0.2) is 15.5 Å². The van der Waals surface area contributed by atoms with E-state index in [9.17, 15) is 14.0 Å². The molecule has 5 rings (SSSR count). The van der Waals surface area contributed by atoms with Gasteiger partial charge in [-0.2, -0.15) is 0 Å². The number of nitrogens with zero attached hydrogens (tertiary/aromatic N) is 3. The van der Waals surface area contributed by atoms with Crippen LogP contribution in [0, 0.1) is 5.82 Å². The first kappa shape index (κ1) is 21.3. The van der Waals surface area contributed by atoms with Crippen molar-refractivity contribution >= 4 is 32.7 Å². The first-order chi connectivity index (χ1) is 16.0. The van der Waals surface area contributed by atoms with Crippen LogP contribution in [0.25, 0.3) is 21.7 Å². The largest absolute Gasteiger partial charge is 0.348 e. The number of hydrogen-bond acceptors (Lipinski definition) is 6. The molecule has 0 aliphatic carbocycles. The van der Waals surface area contributed by atoms with E-state index in [1.807, 2.05) is 42.2 Å². The summed E-state index contributed by atoms with van der Waals surface area (Å²) >= 11 is 1.24. The number of rotatable bonds is 5. The molecule has 9 heteroatoms. The second-order valence-electron chi connectivity index (χ2n) is 8.04. The quantitative estimate of drug-likeness (QED) is 0.466. The number of aromatic nitrogens is 3. The number of amides is 1. The first-order valence-corrected chi connectivity index (χ1v) is 11.6. The zero-order valence-electron chi connectivity index (χ0n) is 17.9. The minimum atomic E-state index is -0.464. The molecule has 33 heavy (non-hydrogen) atoms. The summed E-state index contributed by atoms with van der Waals surface area (Å²) in [4.78, 5) is 39.6. The van der Waals surface area contributed by atoms with Crippen molar-refractivity contribution in [2.24, 2.45) is 0 Å². The second kappa shape index (κ2) is 8.74. The smallest absolute Gasteiger partial charge is 0.278 e. The van der Waals surface area contributed by atoms with E-state index in [0.29, 0.717) is 22.9 Å². The average molecular weight is 464 g/mol. The SMILES string of the molecule is C[C@@H](NC(=O)[C@H]1CCCN1c1nc2c(=O)[nH]c(-c3ccccc3F)nc2s1)c1ccccc1. The Bertz CT molecular complexity index is 1370. The lowest BCUT2D eigenvalue weighted by Gasteiger charge is -2.25. The van der Waals surface area contributed by atoms with E-state index in [4.69, 9.17) is 0 Å². The molecule has 1 saturated heterocycles. The van der Waals surface area contributed by atoms with Crippen molar-refractivity contribution < 1.29 is 9.18 Å². The van der Waals surface area contributed by atoms with Gasteiger partial charge in [-0.1, -0.05) is 53.8 Å². The Hall–Kier alpha value is -3.59. The van der Waals surface area contributed by atoms with Gasteiger partial charge < -0.3 is 15.2 Å². The summed E-state index contributed by atoms with van der Waals surface area (Å²) in [7, 11) is 0. The fourth-order valence-corrected chi connectivity index (χ4v) is 5.15. The highest BCUT2D eigenvalue weighted by atomic mass is 32.1. The third kappa shape index (κ3) is 4.11. The standard InChI is InChI=1S/C24H22FN5O2S/c1-14(15-8-3-2-4-9-15)26-21(31)18-12-7-13-30(18)24-27-19-22(32)28-20(29-23(19)33-24)16-10-5-6-11-17(16)25/h2-6,8-11,14,18H,7,12-13H2,1H3,(H,26,31)(H,28,29,32)/t14-,18-/m1/s1. The number of carbonyl (C=O) groups is 1. The number of fused-ring (bicyclic) bond motifs is 1. The Kier molecular flexibility index (Phi) is 5.63. The highest BCUT2D eigenvalue weighted by Crippen LogP contribution is 2.32. The maximum atomic E-state index is 14.2. The lowest BCUT2D eigenvalue weighted by molar-refractivity contribution is -0.122. The Morgan fingerprint density at radius 3 is 2.73 bits per heavy atom. The predicted molar refractivity (Wildman–Crippen MR) is 127 cm³/mol. The van der Waals surface area contributed by atoms with Gasteiger partial charge in [-0.15, -0.1) is 0 Å². The molecular weight excluding hydrogens is 441 g/mol. The van der Waals surface area contributed by atoms with Crippen molar-refractivity contribution in [2.75, 3.05) is 11.4 Å². The van der Waals surface area contributed by atoms with Crippen molar-refractivity contribution in [1.29, 1.82) is 0 Å². The molecule has 1 fully saturated rings. The van der Waals surface area contributed by atoms with Crippen molar-refractivity contribution in [2.45, 2.75) is 31.8 Å². The summed E-state index contributed by atoms with van der Waals surface area (Å²) in [5.41, 5.74) is 1.02. The predicted octanol–water partition coefficient (Wildman–Crippen LogP) is 4.03. The van der Waals surface area contributed by atoms with Crippen LogP contribution in [-0.4, -0.2) is 33.4 Å². The summed E-state index contributed by atoms with van der Waals surface area (Å²) in [6.07, 6.45) is 1.55. The lowest BCUT2D eigenvalue weighted by Crippen LogP contribution is -2.44. The fourth-order valence-electron chi connectivity index (χ4n) is 4.13. The van der Waals surface area contributed by atoms with Crippen molar-refractivity contribution in [3.8, 4) is 11.4 Å². The summed E-state index contributed by atoms with van der Waals surface area (Å²) in [5, 5.41) is 3.66. The van der Waals surface area contributed by atoms with Crippen molar-refractivity contribution in [3.63, 3.8) is 0 Å². The van der Waals surface area contributed by atoms with Gasteiger partial charge in [0.25, 0.3) is 5.56 Å². The van der Waals surface area contributed by atoms with E-state index < -0.39 is 11.4 Å². The Morgan fingerprint density at radius 1 is 1.18 bits per heavy atom. The van der Waals surface area contributed by atoms with E-state index in [1.54, 1.807) is 18.2 Å². The van der Waals surface area contributed by atoms with E-state index in [2.05, 4.69) is 20.3 Å². The average Bonchev–Trinajstić information content (AvgIpc) is 3.47. The number of nitrogens with one attached hydrogen (secondary N) is 2. The van der Waals surface area contributed by atoms with Gasteiger partial charge in [0.2, 0.25) is 5.91 Å². The number of hydrogen-bond donors (Lipinski definition) is 2. The summed E-state index contributed by atoms with van der Waals surface area (Å²) in [5.74, 6) is -0.376. The van der Waals surface area contributed by atoms with Crippen LogP contribution in [0.1, 0.15) is 31.4 Å². The molecule has 168 valence electrons. The summed E-state index contributed by atoms with van der Waals surface area (Å²) < 4.78 is 14.2. The molecule has 0 spiro atoms. The van der Waals surface area contributed by atoms with Gasteiger partial charge in [0.05, 0.1) is 11.6 Å². The van der Waals surface area contributed by atoms with E-state index in [0.717, 1.165) is 12.0 Å². The molecule has 2 aromatic carbocycles. The Labute approximate surface area is 193 Å². The Balaban J connectivity index is 1.42. The van der Waals surface area contributed by atoms with Gasteiger partial charge in [-0.3, -0.25) is 9.59 Å². The maximum Gasteiger partial charge on any atom is 0.278 e. The van der Waals surface area contributed by atoms with Gasteiger partial charge >= 0.3 is 0 Å². The highest BCUT2D eigenvalue weighted by Gasteiger charge is 2.33. The lowest BCUT2D eigenvalue weighted by atomic mass is 10.1. The van der Waals surface area contributed by atoms with Gasteiger partial charge in [0.1, 0.15) is 17.7 Å². The van der Waals surface area contributed by atoms with E-state index in [1.165, 1.54) is 17.4 Å². The molecular formula is C24H22FN5O2S. The van der Waals surface area contributed by atoms with Crippen LogP contribution in [0.15, 0.2) is 59.4 Å². The van der Waals surface area contributed by atoms with E-state index >= 15 is 0 Å². The van der Waals surface area contributed by atoms with Crippen LogP contribution in [0.3, 0.4) is 0 Å². The molecule has 0 unspecified atom stereocenters. The molecule has 4 aromatic rings. The molecule has 2 atom stereocenters. The number of thiazole rings is 1. The zero-order valence-corrected chi connectivity index (χ0v) is 18.7. The molecule has 0 radical (unpaired) electrons. The number of carbonyl (C=O) groups excluding carboxylic acids is 1. The zero-order chi connectivity index (χ0) is 22.9. The normalized spacial score (nSPS) is 16.8. The van der Waals surface area contributed by atoms with Crippen LogP contribution in [0.2, 0.25) is 0 Å². The molecule has 1 aliphatic heterocycles. The number of H-pyrrole nitrogens is 1. The number of aromatic amines is 1. The van der Waals surface area contributed by atoms with Gasteiger partial charge in [-0.05, 0) is 37.5 Å². The highest BCUT2D eigenvalue weighted by molar-refractivity contribution is 7.21. The van der Waals surface area contributed by atoms with Gasteiger partial charge in [-0.25, -0.2) is 14.4 Å². The summed E-state index contributed by atoms with van der Waals surface area (Å²) in [6.45, 7) is 2.62. The number of benzene rings is 2. The Morgan fingerprint density at radius 2 is 1.94 bits per heavy atom. The van der Waals surface area contributed by atoms with E-state index in [-0.39, 0.29) is 34.9 Å². The number of halogens is 1. The van der Waals surface area contributed by atoms with Crippen LogP contribution in [0.4, 0.5) is 9.52 Å². The van der Waals surface area contributed by atoms with Crippen molar-refractivity contribution in [3.05, 3.63) is 76.3 Å². The molecule has 7 nitrogen and oxygen atoms in total. The second-order valence-corrected chi connectivity index (χ2v) is 8.99.